The molecule has 0 aromatic rings. The van der Waals surface area contributed by atoms with E-state index >= 15 is 0 Å². The third-order valence-electron chi connectivity index (χ3n) is 4.28. The highest BCUT2D eigenvalue weighted by molar-refractivity contribution is 5.93. The molecular formula is C18H34N6O6. The van der Waals surface area contributed by atoms with Crippen molar-refractivity contribution in [3.05, 3.63) is 0 Å². The first kappa shape index (κ1) is 27.3. The summed E-state index contributed by atoms with van der Waals surface area (Å²) in [5.74, 6) is -4.01. The van der Waals surface area contributed by atoms with Gasteiger partial charge in [0.2, 0.25) is 23.6 Å². The summed E-state index contributed by atoms with van der Waals surface area (Å²) in [6.45, 7) is 3.23. The van der Waals surface area contributed by atoms with E-state index < -0.39 is 54.3 Å². The highest BCUT2D eigenvalue weighted by Gasteiger charge is 2.30. The fourth-order valence-corrected chi connectivity index (χ4v) is 2.53. The molecule has 3 atom stereocenters. The van der Waals surface area contributed by atoms with E-state index in [9.17, 15) is 24.0 Å². The van der Waals surface area contributed by atoms with E-state index in [-0.39, 0.29) is 25.2 Å². The number of nitrogens with one attached hydrogen (secondary N) is 3. The van der Waals surface area contributed by atoms with Crippen LogP contribution in [0.3, 0.4) is 0 Å². The maximum Gasteiger partial charge on any atom is 0.322 e. The lowest BCUT2D eigenvalue weighted by Crippen LogP contribution is -2.57. The number of nitrogens with two attached hydrogens (primary N) is 3. The fraction of sp³-hybridized carbons (Fsp3) is 0.722. The summed E-state index contributed by atoms with van der Waals surface area (Å²) in [4.78, 5) is 58.8. The Balaban J connectivity index is 5.11. The van der Waals surface area contributed by atoms with Crippen molar-refractivity contribution in [3.8, 4) is 0 Å². The number of amides is 4. The summed E-state index contributed by atoms with van der Waals surface area (Å²) in [5.41, 5.74) is 16.2. The standard InChI is InChI=1S/C18H34N6O6/c1-10(2)15(24-16(28)11(20)6-7-13(21)25)18(30)23-12(5-3-4-8-19)17(29)22-9-14(26)27/h10-12,15H,3-9,19-20H2,1-2H3,(H2,21,25)(H,22,29)(H,23,30)(H,24,28)(H,26,27). The largest absolute Gasteiger partial charge is 0.480 e. The Morgan fingerprint density at radius 1 is 0.933 bits per heavy atom. The molecule has 0 aliphatic heterocycles. The van der Waals surface area contributed by atoms with Gasteiger partial charge in [0.05, 0.1) is 6.04 Å². The minimum Gasteiger partial charge on any atom is -0.480 e. The van der Waals surface area contributed by atoms with Crippen molar-refractivity contribution >= 4 is 29.6 Å². The zero-order chi connectivity index (χ0) is 23.3. The first-order valence-electron chi connectivity index (χ1n) is 9.83. The molecule has 4 amide bonds. The monoisotopic (exact) mass is 430 g/mol. The van der Waals surface area contributed by atoms with Gasteiger partial charge in [-0.15, -0.1) is 0 Å². The summed E-state index contributed by atoms with van der Waals surface area (Å²) in [6.07, 6.45) is 1.38. The molecular weight excluding hydrogens is 396 g/mol. The Morgan fingerprint density at radius 2 is 1.57 bits per heavy atom. The van der Waals surface area contributed by atoms with Crippen LogP contribution in [0.15, 0.2) is 0 Å². The zero-order valence-electron chi connectivity index (χ0n) is 17.5. The van der Waals surface area contributed by atoms with Gasteiger partial charge in [-0.3, -0.25) is 24.0 Å². The molecule has 30 heavy (non-hydrogen) atoms. The van der Waals surface area contributed by atoms with Gasteiger partial charge in [-0.2, -0.15) is 0 Å². The van der Waals surface area contributed by atoms with Crippen molar-refractivity contribution in [2.24, 2.45) is 23.1 Å². The van der Waals surface area contributed by atoms with Gasteiger partial charge in [0.25, 0.3) is 0 Å². The lowest BCUT2D eigenvalue weighted by molar-refractivity contribution is -0.138. The number of rotatable bonds is 15. The Bertz CT molecular complexity index is 612. The number of carbonyl (C=O) groups excluding carboxylic acids is 4. The van der Waals surface area contributed by atoms with Gasteiger partial charge in [0.1, 0.15) is 18.6 Å². The van der Waals surface area contributed by atoms with E-state index in [4.69, 9.17) is 22.3 Å². The van der Waals surface area contributed by atoms with Crippen LogP contribution < -0.4 is 33.2 Å². The van der Waals surface area contributed by atoms with Crippen molar-refractivity contribution in [3.63, 3.8) is 0 Å². The van der Waals surface area contributed by atoms with Gasteiger partial charge >= 0.3 is 5.97 Å². The second kappa shape index (κ2) is 14.3. The Hall–Kier alpha value is -2.73. The summed E-state index contributed by atoms with van der Waals surface area (Å²) < 4.78 is 0. The molecule has 0 rings (SSSR count). The molecule has 0 aliphatic carbocycles. The number of carboxylic acids is 1. The van der Waals surface area contributed by atoms with Crippen LogP contribution >= 0.6 is 0 Å². The Kier molecular flexibility index (Phi) is 13.0. The predicted molar refractivity (Wildman–Crippen MR) is 109 cm³/mol. The van der Waals surface area contributed by atoms with E-state index in [1.807, 2.05) is 0 Å². The van der Waals surface area contributed by atoms with Gasteiger partial charge in [-0.25, -0.2) is 0 Å². The lowest BCUT2D eigenvalue weighted by Gasteiger charge is -2.26. The molecule has 0 aromatic carbocycles. The maximum absolute atomic E-state index is 12.7. The first-order chi connectivity index (χ1) is 14.0. The van der Waals surface area contributed by atoms with Crippen molar-refractivity contribution in [2.45, 2.75) is 64.1 Å². The summed E-state index contributed by atoms with van der Waals surface area (Å²) in [6, 6.07) is -2.99. The molecule has 0 aromatic heterocycles. The van der Waals surface area contributed by atoms with Crippen molar-refractivity contribution in [2.75, 3.05) is 13.1 Å². The van der Waals surface area contributed by atoms with Crippen LogP contribution in [-0.2, 0) is 24.0 Å². The highest BCUT2D eigenvalue weighted by atomic mass is 16.4. The predicted octanol–water partition coefficient (Wildman–Crippen LogP) is -2.47. The minimum atomic E-state index is -1.22. The summed E-state index contributed by atoms with van der Waals surface area (Å²) in [7, 11) is 0. The smallest absolute Gasteiger partial charge is 0.322 e. The molecule has 10 N–H and O–H groups in total. The number of hydrogen-bond donors (Lipinski definition) is 7. The van der Waals surface area contributed by atoms with Crippen LogP contribution in [0.25, 0.3) is 0 Å². The van der Waals surface area contributed by atoms with Gasteiger partial charge in [-0.1, -0.05) is 13.8 Å². The quantitative estimate of drug-likeness (QED) is 0.138. The first-order valence-corrected chi connectivity index (χ1v) is 9.83. The van der Waals surface area contributed by atoms with Gasteiger partial charge in [0.15, 0.2) is 0 Å². The fourth-order valence-electron chi connectivity index (χ4n) is 2.53. The van der Waals surface area contributed by atoms with Crippen molar-refractivity contribution in [1.29, 1.82) is 0 Å². The number of hydrogen-bond acceptors (Lipinski definition) is 7. The molecule has 3 unspecified atom stereocenters. The number of carboxylic acid groups (broad SMARTS) is 1. The van der Waals surface area contributed by atoms with Crippen molar-refractivity contribution in [1.82, 2.24) is 16.0 Å². The van der Waals surface area contributed by atoms with Crippen LogP contribution in [0.4, 0.5) is 0 Å². The van der Waals surface area contributed by atoms with Crippen molar-refractivity contribution < 1.29 is 29.1 Å². The van der Waals surface area contributed by atoms with Gasteiger partial charge in [0, 0.05) is 6.42 Å². The molecule has 0 saturated carbocycles. The van der Waals surface area contributed by atoms with Crippen LogP contribution in [0.5, 0.6) is 0 Å². The third kappa shape index (κ3) is 11.3. The molecule has 0 fully saturated rings. The Morgan fingerprint density at radius 3 is 2.07 bits per heavy atom. The van der Waals surface area contributed by atoms with E-state index in [1.165, 1.54) is 0 Å². The Labute approximate surface area is 175 Å². The average Bonchev–Trinajstić information content (AvgIpc) is 2.66. The zero-order valence-corrected chi connectivity index (χ0v) is 17.5. The van der Waals surface area contributed by atoms with Crippen LogP contribution in [0.2, 0.25) is 0 Å². The molecule has 12 heteroatoms. The molecule has 0 heterocycles. The number of carbonyl (C=O) groups is 5. The minimum absolute atomic E-state index is 0.0346. The molecule has 0 spiro atoms. The summed E-state index contributed by atoms with van der Waals surface area (Å²) >= 11 is 0. The van der Waals surface area contributed by atoms with E-state index in [1.54, 1.807) is 13.8 Å². The number of primary amides is 1. The molecule has 0 bridgehead atoms. The van der Waals surface area contributed by atoms with Gasteiger partial charge in [-0.05, 0) is 38.1 Å². The normalized spacial score (nSPS) is 13.8. The second-order valence-corrected chi connectivity index (χ2v) is 7.30. The number of aliphatic carboxylic acids is 1. The van der Waals surface area contributed by atoms with E-state index in [0.29, 0.717) is 19.4 Å². The molecule has 12 nitrogen and oxygen atoms in total. The third-order valence-corrected chi connectivity index (χ3v) is 4.28. The topological polar surface area (TPSA) is 220 Å². The highest BCUT2D eigenvalue weighted by Crippen LogP contribution is 2.07. The van der Waals surface area contributed by atoms with E-state index in [0.717, 1.165) is 0 Å². The van der Waals surface area contributed by atoms with Gasteiger partial charge < -0.3 is 38.3 Å². The number of unbranched alkanes of at least 4 members (excludes halogenated alkanes) is 1. The van der Waals surface area contributed by atoms with E-state index in [2.05, 4.69) is 16.0 Å². The van der Waals surface area contributed by atoms with Crippen LogP contribution in [0.1, 0.15) is 46.0 Å². The van der Waals surface area contributed by atoms with Crippen LogP contribution in [0, 0.1) is 5.92 Å². The molecule has 0 radical (unpaired) electrons. The SMILES string of the molecule is CC(C)C(NC(=O)C(N)CCC(N)=O)C(=O)NC(CCCCN)C(=O)NCC(=O)O. The molecule has 172 valence electrons. The summed E-state index contributed by atoms with van der Waals surface area (Å²) in [5, 5.41) is 16.0. The molecule has 0 saturated heterocycles. The second-order valence-electron chi connectivity index (χ2n) is 7.30. The maximum atomic E-state index is 12.7. The molecule has 0 aliphatic rings. The average molecular weight is 431 g/mol. The lowest BCUT2D eigenvalue weighted by atomic mass is 10.0. The van der Waals surface area contributed by atoms with Crippen LogP contribution in [-0.4, -0.2) is 65.9 Å².